The Morgan fingerprint density at radius 1 is 1.50 bits per heavy atom. The summed E-state index contributed by atoms with van der Waals surface area (Å²) in [6, 6.07) is 0. The van der Waals surface area contributed by atoms with Crippen LogP contribution in [0.15, 0.2) is 12.2 Å². The maximum absolute atomic E-state index is 4.10. The number of hydrogen-bond donors (Lipinski definition) is 0. The molecule has 0 amide bonds. The van der Waals surface area contributed by atoms with Crippen LogP contribution in [0.25, 0.3) is 0 Å². The molecule has 0 heteroatoms. The van der Waals surface area contributed by atoms with Crippen molar-refractivity contribution in [1.29, 1.82) is 0 Å². The second kappa shape index (κ2) is 1.66. The molecular weight excluding hydrogens is 120 g/mol. The average Bonchev–Trinajstić information content (AvgIpc) is 2.20. The Bertz CT molecular complexity index is 176. The second-order valence-corrected chi connectivity index (χ2v) is 4.24. The molecule has 2 aliphatic rings. The van der Waals surface area contributed by atoms with Gasteiger partial charge in [0.2, 0.25) is 0 Å². The normalized spacial score (nSPS) is 37.4. The van der Waals surface area contributed by atoms with Crippen molar-refractivity contribution in [3.05, 3.63) is 18.1 Å². The zero-order valence-corrected chi connectivity index (χ0v) is 6.91. The zero-order chi connectivity index (χ0) is 7.35. The third-order valence-electron chi connectivity index (χ3n) is 3.46. The highest BCUT2D eigenvalue weighted by atomic mass is 14.5. The van der Waals surface area contributed by atoms with Gasteiger partial charge in [0.15, 0.2) is 0 Å². The minimum Gasteiger partial charge on any atom is -0.0992 e. The van der Waals surface area contributed by atoms with Crippen molar-refractivity contribution >= 4 is 0 Å². The monoisotopic (exact) mass is 135 g/mol. The first-order chi connectivity index (χ1) is 4.62. The Kier molecular flexibility index (Phi) is 1.07. The number of rotatable bonds is 0. The summed E-state index contributed by atoms with van der Waals surface area (Å²) in [5.74, 6) is 2.59. The Labute approximate surface area is 63.3 Å². The lowest BCUT2D eigenvalue weighted by Crippen LogP contribution is -2.15. The highest BCUT2D eigenvalue weighted by Crippen LogP contribution is 2.60. The summed E-state index contributed by atoms with van der Waals surface area (Å²) in [7, 11) is 0. The van der Waals surface area contributed by atoms with Crippen LogP contribution in [0.1, 0.15) is 33.1 Å². The standard InChI is InChI=1S/C10H15/c1-7-6-8-4-5-9(7)10(8,2)3/h8H,1,4-6H2,2-3H3. The highest BCUT2D eigenvalue weighted by Gasteiger charge is 2.50. The fourth-order valence-corrected chi connectivity index (χ4v) is 2.66. The lowest BCUT2D eigenvalue weighted by Gasteiger charge is -2.22. The topological polar surface area (TPSA) is 0 Å². The molecule has 0 saturated heterocycles. The smallest absolute Gasteiger partial charge is 0.00619 e. The molecular formula is C10H15. The van der Waals surface area contributed by atoms with Crippen LogP contribution >= 0.6 is 0 Å². The van der Waals surface area contributed by atoms with E-state index in [-0.39, 0.29) is 0 Å². The minimum atomic E-state index is 0.511. The van der Waals surface area contributed by atoms with E-state index in [2.05, 4.69) is 20.4 Å². The van der Waals surface area contributed by atoms with Crippen LogP contribution in [-0.2, 0) is 0 Å². The van der Waals surface area contributed by atoms with E-state index in [1.165, 1.54) is 24.8 Å². The van der Waals surface area contributed by atoms with Crippen LogP contribution in [0.5, 0.6) is 0 Å². The van der Waals surface area contributed by atoms with Gasteiger partial charge in [-0.2, -0.15) is 0 Å². The van der Waals surface area contributed by atoms with Crippen molar-refractivity contribution in [2.24, 2.45) is 11.3 Å². The molecule has 0 aliphatic heterocycles. The maximum Gasteiger partial charge on any atom is 0.00619 e. The summed E-state index contributed by atoms with van der Waals surface area (Å²) < 4.78 is 0. The van der Waals surface area contributed by atoms with Gasteiger partial charge in [-0.05, 0) is 30.6 Å². The molecule has 2 fully saturated rings. The summed E-state index contributed by atoms with van der Waals surface area (Å²) in [4.78, 5) is 0. The van der Waals surface area contributed by atoms with Crippen LogP contribution < -0.4 is 0 Å². The van der Waals surface area contributed by atoms with Gasteiger partial charge >= 0.3 is 0 Å². The van der Waals surface area contributed by atoms with Crippen molar-refractivity contribution in [2.75, 3.05) is 0 Å². The van der Waals surface area contributed by atoms with E-state index in [0.29, 0.717) is 5.41 Å². The van der Waals surface area contributed by atoms with Crippen LogP contribution in [0.2, 0.25) is 0 Å². The maximum atomic E-state index is 4.10. The first kappa shape index (κ1) is 6.45. The number of hydrogen-bond acceptors (Lipinski definition) is 0. The number of allylic oxidation sites excluding steroid dienone is 1. The van der Waals surface area contributed by atoms with Crippen molar-refractivity contribution in [3.8, 4) is 0 Å². The van der Waals surface area contributed by atoms with Gasteiger partial charge < -0.3 is 0 Å². The third-order valence-corrected chi connectivity index (χ3v) is 3.46. The van der Waals surface area contributed by atoms with Gasteiger partial charge in [-0.25, -0.2) is 0 Å². The molecule has 0 N–H and O–H groups in total. The summed E-state index contributed by atoms with van der Waals surface area (Å²) in [6.07, 6.45) is 4.03. The molecule has 2 rings (SSSR count). The molecule has 0 nitrogen and oxygen atoms in total. The van der Waals surface area contributed by atoms with Crippen molar-refractivity contribution in [2.45, 2.75) is 33.1 Å². The Balaban J connectivity index is 2.35. The summed E-state index contributed by atoms with van der Waals surface area (Å²) in [5.41, 5.74) is 1.96. The SMILES string of the molecule is C=C1CC2CC[C]1C2(C)C. The average molecular weight is 135 g/mol. The van der Waals surface area contributed by atoms with Crippen molar-refractivity contribution in [1.82, 2.24) is 0 Å². The van der Waals surface area contributed by atoms with Gasteiger partial charge in [-0.3, -0.25) is 0 Å². The lowest BCUT2D eigenvalue weighted by molar-refractivity contribution is 0.327. The van der Waals surface area contributed by atoms with E-state index >= 15 is 0 Å². The first-order valence-electron chi connectivity index (χ1n) is 4.17. The van der Waals surface area contributed by atoms with E-state index in [0.717, 1.165) is 5.92 Å². The molecule has 1 radical (unpaired) electrons. The van der Waals surface area contributed by atoms with E-state index < -0.39 is 0 Å². The van der Waals surface area contributed by atoms with Crippen molar-refractivity contribution < 1.29 is 0 Å². The fraction of sp³-hybridized carbons (Fsp3) is 0.700. The largest absolute Gasteiger partial charge is 0.0992 e. The molecule has 0 aromatic heterocycles. The van der Waals surface area contributed by atoms with Gasteiger partial charge in [-0.1, -0.05) is 26.0 Å². The molecule has 0 spiro atoms. The molecule has 0 aromatic rings. The minimum absolute atomic E-state index is 0.511. The van der Waals surface area contributed by atoms with Crippen LogP contribution in [0, 0.1) is 17.3 Å². The van der Waals surface area contributed by atoms with Gasteiger partial charge in [0, 0.05) is 5.92 Å². The van der Waals surface area contributed by atoms with Crippen LogP contribution in [-0.4, -0.2) is 0 Å². The van der Waals surface area contributed by atoms with Crippen molar-refractivity contribution in [3.63, 3.8) is 0 Å². The second-order valence-electron chi connectivity index (χ2n) is 4.24. The van der Waals surface area contributed by atoms with Crippen LogP contribution in [0.3, 0.4) is 0 Å². The quantitative estimate of drug-likeness (QED) is 0.479. The predicted octanol–water partition coefficient (Wildman–Crippen LogP) is 2.96. The molecule has 2 saturated carbocycles. The zero-order valence-electron chi connectivity index (χ0n) is 6.91. The predicted molar refractivity (Wildman–Crippen MR) is 43.5 cm³/mol. The van der Waals surface area contributed by atoms with E-state index in [1.807, 2.05) is 0 Å². The number of fused-ring (bicyclic) bond motifs is 2. The Morgan fingerprint density at radius 2 is 2.20 bits per heavy atom. The molecule has 0 aromatic carbocycles. The Morgan fingerprint density at radius 3 is 2.40 bits per heavy atom. The van der Waals surface area contributed by atoms with Gasteiger partial charge in [0.1, 0.15) is 0 Å². The van der Waals surface area contributed by atoms with Gasteiger partial charge in [-0.15, -0.1) is 0 Å². The first-order valence-corrected chi connectivity index (χ1v) is 4.17. The Hall–Kier alpha value is -0.260. The molecule has 55 valence electrons. The summed E-state index contributed by atoms with van der Waals surface area (Å²) >= 11 is 0. The third kappa shape index (κ3) is 0.574. The van der Waals surface area contributed by atoms with E-state index in [1.54, 1.807) is 5.92 Å². The van der Waals surface area contributed by atoms with Gasteiger partial charge in [0.25, 0.3) is 0 Å². The molecule has 2 bridgehead atoms. The van der Waals surface area contributed by atoms with Crippen LogP contribution in [0.4, 0.5) is 0 Å². The van der Waals surface area contributed by atoms with Gasteiger partial charge in [0.05, 0.1) is 0 Å². The molecule has 1 atom stereocenters. The molecule has 10 heavy (non-hydrogen) atoms. The molecule has 1 unspecified atom stereocenters. The summed E-state index contributed by atoms with van der Waals surface area (Å²) in [5, 5.41) is 0. The van der Waals surface area contributed by atoms with E-state index in [9.17, 15) is 0 Å². The molecule has 2 aliphatic carbocycles. The fourth-order valence-electron chi connectivity index (χ4n) is 2.66. The lowest BCUT2D eigenvalue weighted by atomic mass is 9.82. The summed E-state index contributed by atoms with van der Waals surface area (Å²) in [6.45, 7) is 8.84. The van der Waals surface area contributed by atoms with E-state index in [4.69, 9.17) is 0 Å². The molecule has 0 heterocycles. The highest BCUT2D eigenvalue weighted by molar-refractivity contribution is 5.37.